The fourth-order valence-corrected chi connectivity index (χ4v) is 2.74. The molecule has 3 aromatic heterocycles. The molecule has 1 atom stereocenters. The van der Waals surface area contributed by atoms with Gasteiger partial charge in [-0.25, -0.2) is 14.8 Å². The summed E-state index contributed by atoms with van der Waals surface area (Å²) in [4.78, 5) is 21.0. The lowest BCUT2D eigenvalue weighted by molar-refractivity contribution is 0.0339. The predicted molar refractivity (Wildman–Crippen MR) is 79.2 cm³/mol. The molecule has 0 saturated carbocycles. The number of pyridine rings is 1. The van der Waals surface area contributed by atoms with Crippen LogP contribution in [-0.2, 0) is 11.8 Å². The Labute approximate surface area is 125 Å². The Morgan fingerprint density at radius 3 is 3.00 bits per heavy atom. The molecular formula is C14H14N4O2S. The Bertz CT molecular complexity index is 795. The first-order valence-electron chi connectivity index (χ1n) is 6.46. The fourth-order valence-electron chi connectivity index (χ4n) is 2.12. The minimum absolute atomic E-state index is 0.377. The van der Waals surface area contributed by atoms with Crippen LogP contribution in [0.2, 0.25) is 0 Å². The van der Waals surface area contributed by atoms with E-state index < -0.39 is 0 Å². The van der Waals surface area contributed by atoms with E-state index in [0.29, 0.717) is 16.6 Å². The highest BCUT2D eigenvalue weighted by Crippen LogP contribution is 2.23. The van der Waals surface area contributed by atoms with Crippen LogP contribution < -0.4 is 0 Å². The Kier molecular flexibility index (Phi) is 3.42. The van der Waals surface area contributed by atoms with E-state index in [4.69, 9.17) is 4.74 Å². The molecule has 0 amide bonds. The van der Waals surface area contributed by atoms with Gasteiger partial charge in [0.05, 0.1) is 17.1 Å². The zero-order valence-electron chi connectivity index (χ0n) is 11.9. The molecule has 3 heterocycles. The van der Waals surface area contributed by atoms with Crippen molar-refractivity contribution >= 4 is 28.3 Å². The van der Waals surface area contributed by atoms with Crippen molar-refractivity contribution in [1.82, 2.24) is 19.7 Å². The van der Waals surface area contributed by atoms with Crippen molar-refractivity contribution in [2.45, 2.75) is 20.0 Å². The summed E-state index contributed by atoms with van der Waals surface area (Å²) in [6.07, 6.45) is 2.95. The molecule has 7 heteroatoms. The number of nitrogens with zero attached hydrogens (tertiary/aromatic N) is 4. The maximum Gasteiger partial charge on any atom is 0.339 e. The van der Waals surface area contributed by atoms with E-state index >= 15 is 0 Å². The van der Waals surface area contributed by atoms with E-state index in [1.54, 1.807) is 30.2 Å². The first-order valence-corrected chi connectivity index (χ1v) is 7.34. The third-order valence-electron chi connectivity index (χ3n) is 3.14. The van der Waals surface area contributed by atoms with Crippen molar-refractivity contribution in [1.29, 1.82) is 0 Å². The summed E-state index contributed by atoms with van der Waals surface area (Å²) in [5.41, 5.74) is 1.90. The number of aromatic nitrogens is 4. The zero-order valence-corrected chi connectivity index (χ0v) is 12.7. The average molecular weight is 302 g/mol. The van der Waals surface area contributed by atoms with E-state index in [1.807, 2.05) is 19.2 Å². The molecule has 108 valence electrons. The van der Waals surface area contributed by atoms with Crippen LogP contribution in [-0.4, -0.2) is 25.7 Å². The quantitative estimate of drug-likeness (QED) is 0.696. The summed E-state index contributed by atoms with van der Waals surface area (Å²) < 4.78 is 7.14. The van der Waals surface area contributed by atoms with E-state index in [-0.39, 0.29) is 12.1 Å². The Morgan fingerprint density at radius 1 is 1.48 bits per heavy atom. The van der Waals surface area contributed by atoms with Crippen molar-refractivity contribution in [3.63, 3.8) is 0 Å². The molecule has 3 aromatic rings. The molecule has 0 aliphatic rings. The molecule has 0 aliphatic carbocycles. The maximum atomic E-state index is 12.4. The molecule has 0 aromatic carbocycles. The Morgan fingerprint density at radius 2 is 2.29 bits per heavy atom. The number of fused-ring (bicyclic) bond motifs is 1. The highest BCUT2D eigenvalue weighted by molar-refractivity contribution is 7.09. The van der Waals surface area contributed by atoms with Crippen molar-refractivity contribution in [2.24, 2.45) is 7.05 Å². The van der Waals surface area contributed by atoms with Crippen molar-refractivity contribution in [3.05, 3.63) is 40.1 Å². The van der Waals surface area contributed by atoms with Gasteiger partial charge in [0.2, 0.25) is 0 Å². The average Bonchev–Trinajstić information content (AvgIpc) is 3.09. The molecule has 0 bridgehead atoms. The van der Waals surface area contributed by atoms with Gasteiger partial charge in [0.1, 0.15) is 5.01 Å². The van der Waals surface area contributed by atoms with Crippen LogP contribution in [0.5, 0.6) is 0 Å². The molecule has 0 radical (unpaired) electrons. The molecule has 0 N–H and O–H groups in total. The number of aryl methyl sites for hydroxylation is 2. The van der Waals surface area contributed by atoms with Gasteiger partial charge >= 0.3 is 5.97 Å². The van der Waals surface area contributed by atoms with Gasteiger partial charge in [-0.15, -0.1) is 11.3 Å². The summed E-state index contributed by atoms with van der Waals surface area (Å²) in [5.74, 6) is -0.388. The summed E-state index contributed by atoms with van der Waals surface area (Å²) in [6.45, 7) is 3.65. The molecule has 3 rings (SSSR count). The largest absolute Gasteiger partial charge is 0.452 e. The second kappa shape index (κ2) is 5.25. The highest BCUT2D eigenvalue weighted by atomic mass is 32.1. The minimum Gasteiger partial charge on any atom is -0.452 e. The number of hydrogen-bond acceptors (Lipinski definition) is 6. The van der Waals surface area contributed by atoms with Crippen LogP contribution in [0.1, 0.15) is 34.1 Å². The molecule has 0 unspecified atom stereocenters. The topological polar surface area (TPSA) is 69.9 Å². The van der Waals surface area contributed by atoms with Crippen molar-refractivity contribution in [3.8, 4) is 0 Å². The minimum atomic E-state index is -0.388. The predicted octanol–water partition coefficient (Wildman–Crippen LogP) is 2.65. The van der Waals surface area contributed by atoms with Gasteiger partial charge in [-0.3, -0.25) is 4.68 Å². The molecular weight excluding hydrogens is 288 g/mol. The monoisotopic (exact) mass is 302 g/mol. The summed E-state index contributed by atoms with van der Waals surface area (Å²) in [5, 5.41) is 7.47. The number of rotatable bonds is 3. The number of carbonyl (C=O) groups excluding carboxylic acids is 1. The van der Waals surface area contributed by atoms with Crippen molar-refractivity contribution < 1.29 is 9.53 Å². The fraction of sp³-hybridized carbons (Fsp3) is 0.286. The van der Waals surface area contributed by atoms with E-state index in [2.05, 4.69) is 15.1 Å². The summed E-state index contributed by atoms with van der Waals surface area (Å²) >= 11 is 1.46. The van der Waals surface area contributed by atoms with Crippen LogP contribution in [0.3, 0.4) is 0 Å². The van der Waals surface area contributed by atoms with Crippen LogP contribution in [0.25, 0.3) is 11.0 Å². The number of ether oxygens (including phenoxy) is 1. The van der Waals surface area contributed by atoms with Gasteiger partial charge in [0, 0.05) is 24.3 Å². The Balaban J connectivity index is 1.94. The van der Waals surface area contributed by atoms with Crippen LogP contribution in [0, 0.1) is 6.92 Å². The van der Waals surface area contributed by atoms with E-state index in [1.165, 1.54) is 11.3 Å². The first kappa shape index (κ1) is 13.7. The summed E-state index contributed by atoms with van der Waals surface area (Å²) in [6, 6.07) is 1.72. The van der Waals surface area contributed by atoms with Crippen LogP contribution in [0.4, 0.5) is 0 Å². The standard InChI is InChI=1S/C14H14N4O2S/c1-8-6-10(11-7-16-18(3)12(11)17-8)14(19)20-9(2)13-15-4-5-21-13/h4-7,9H,1-3H3/t9-/m0/s1. The molecule has 0 saturated heterocycles. The SMILES string of the molecule is Cc1cc(C(=O)O[C@@H](C)c2nccs2)c2cnn(C)c2n1. The van der Waals surface area contributed by atoms with Crippen LogP contribution >= 0.6 is 11.3 Å². The lowest BCUT2D eigenvalue weighted by Crippen LogP contribution is -2.10. The Hall–Kier alpha value is -2.28. The third-order valence-corrected chi connectivity index (χ3v) is 4.07. The molecule has 21 heavy (non-hydrogen) atoms. The highest BCUT2D eigenvalue weighted by Gasteiger charge is 2.20. The molecule has 0 fully saturated rings. The zero-order chi connectivity index (χ0) is 15.0. The number of carbonyl (C=O) groups is 1. The number of hydrogen-bond donors (Lipinski definition) is 0. The van der Waals surface area contributed by atoms with Gasteiger partial charge in [0.15, 0.2) is 11.8 Å². The van der Waals surface area contributed by atoms with Gasteiger partial charge in [0.25, 0.3) is 0 Å². The lowest BCUT2D eigenvalue weighted by Gasteiger charge is -2.11. The van der Waals surface area contributed by atoms with Gasteiger partial charge < -0.3 is 4.74 Å². The molecule has 0 aliphatic heterocycles. The second-order valence-electron chi connectivity index (χ2n) is 4.73. The maximum absolute atomic E-state index is 12.4. The van der Waals surface area contributed by atoms with Crippen molar-refractivity contribution in [2.75, 3.05) is 0 Å². The van der Waals surface area contributed by atoms with Gasteiger partial charge in [-0.2, -0.15) is 5.10 Å². The summed E-state index contributed by atoms with van der Waals surface area (Å²) in [7, 11) is 1.79. The molecule has 0 spiro atoms. The molecule has 6 nitrogen and oxygen atoms in total. The number of thiazole rings is 1. The second-order valence-corrected chi connectivity index (χ2v) is 5.66. The lowest BCUT2D eigenvalue weighted by atomic mass is 10.1. The van der Waals surface area contributed by atoms with Gasteiger partial charge in [-0.1, -0.05) is 0 Å². The first-order chi connectivity index (χ1) is 10.1. The number of esters is 1. The van der Waals surface area contributed by atoms with Crippen LogP contribution in [0.15, 0.2) is 23.8 Å². The smallest absolute Gasteiger partial charge is 0.339 e. The normalized spacial score (nSPS) is 12.5. The van der Waals surface area contributed by atoms with E-state index in [9.17, 15) is 4.79 Å². The van der Waals surface area contributed by atoms with Gasteiger partial charge in [-0.05, 0) is 19.9 Å². The third kappa shape index (κ3) is 2.52. The van der Waals surface area contributed by atoms with E-state index in [0.717, 1.165) is 10.7 Å².